The highest BCUT2D eigenvalue weighted by Gasteiger charge is 2.19. The van der Waals surface area contributed by atoms with E-state index in [9.17, 15) is 4.79 Å². The van der Waals surface area contributed by atoms with Crippen LogP contribution in [-0.2, 0) is 0 Å². The van der Waals surface area contributed by atoms with Crippen molar-refractivity contribution >= 4 is 49.5 Å². The van der Waals surface area contributed by atoms with Crippen LogP contribution in [0, 0.1) is 0 Å². The van der Waals surface area contributed by atoms with E-state index in [1.807, 2.05) is 54.6 Å². The highest BCUT2D eigenvalue weighted by molar-refractivity contribution is 9.09. The summed E-state index contributed by atoms with van der Waals surface area (Å²) in [7, 11) is 0. The van der Waals surface area contributed by atoms with Gasteiger partial charge >= 0.3 is 0 Å². The molecule has 0 aliphatic rings. The Kier molecular flexibility index (Phi) is 5.26. The predicted molar refractivity (Wildman–Crippen MR) is 94.5 cm³/mol. The molecule has 21 heavy (non-hydrogen) atoms. The second kappa shape index (κ2) is 6.96. The highest BCUT2D eigenvalue weighted by Crippen LogP contribution is 2.27. The van der Waals surface area contributed by atoms with Gasteiger partial charge in [-0.1, -0.05) is 58.4 Å². The van der Waals surface area contributed by atoms with Crippen LogP contribution in [0.5, 0.6) is 0 Å². The van der Waals surface area contributed by atoms with Gasteiger partial charge in [-0.3, -0.25) is 9.78 Å². The van der Waals surface area contributed by atoms with Crippen molar-refractivity contribution in [3.63, 3.8) is 0 Å². The molecule has 0 aliphatic carbocycles. The van der Waals surface area contributed by atoms with Crippen LogP contribution < -0.4 is 0 Å². The van der Waals surface area contributed by atoms with Gasteiger partial charge in [-0.25, -0.2) is 0 Å². The van der Waals surface area contributed by atoms with Crippen LogP contribution in [-0.4, -0.2) is 10.8 Å². The third-order valence-electron chi connectivity index (χ3n) is 3.24. The van der Waals surface area contributed by atoms with Crippen molar-refractivity contribution in [3.8, 4) is 0 Å². The van der Waals surface area contributed by atoms with Crippen molar-refractivity contribution < 1.29 is 4.79 Å². The minimum absolute atomic E-state index is 0. The molecular formula is C17H13Br2NO. The van der Waals surface area contributed by atoms with Gasteiger partial charge in [0.25, 0.3) is 0 Å². The maximum atomic E-state index is 12.5. The molecule has 0 amide bonds. The molecule has 4 heteroatoms. The third kappa shape index (κ3) is 3.39. The summed E-state index contributed by atoms with van der Waals surface area (Å²) in [6, 6.07) is 17.5. The lowest BCUT2D eigenvalue weighted by molar-refractivity contribution is 0.0991. The molecule has 0 saturated heterocycles. The Morgan fingerprint density at radius 1 is 1.00 bits per heavy atom. The molecule has 0 N–H and O–H groups in total. The molecule has 0 bridgehead atoms. The number of Topliss-reactive ketones (excluding diaryl/α,β-unsaturated/α-hetero) is 1. The van der Waals surface area contributed by atoms with Crippen molar-refractivity contribution in [2.75, 3.05) is 0 Å². The molecule has 2 aromatic carbocycles. The number of alkyl halides is 1. The molecule has 1 heterocycles. The fourth-order valence-electron chi connectivity index (χ4n) is 2.17. The summed E-state index contributed by atoms with van der Waals surface area (Å²) in [5.41, 5.74) is 1.57. The maximum Gasteiger partial charge on any atom is 0.180 e. The molecule has 1 atom stereocenters. The van der Waals surface area contributed by atoms with Crippen LogP contribution in [0.3, 0.4) is 0 Å². The van der Waals surface area contributed by atoms with Gasteiger partial charge in [-0.2, -0.15) is 0 Å². The van der Waals surface area contributed by atoms with E-state index in [4.69, 9.17) is 0 Å². The minimum atomic E-state index is -0.364. The fraction of sp³-hybridized carbons (Fsp3) is 0.0588. The van der Waals surface area contributed by atoms with Gasteiger partial charge in [-0.15, -0.1) is 17.0 Å². The minimum Gasteiger partial charge on any atom is -0.293 e. The van der Waals surface area contributed by atoms with E-state index in [0.29, 0.717) is 5.56 Å². The van der Waals surface area contributed by atoms with Gasteiger partial charge in [0.15, 0.2) is 5.78 Å². The topological polar surface area (TPSA) is 30.0 Å². The van der Waals surface area contributed by atoms with Gasteiger partial charge in [0, 0.05) is 18.0 Å². The smallest absolute Gasteiger partial charge is 0.180 e. The molecule has 0 spiro atoms. The van der Waals surface area contributed by atoms with Crippen molar-refractivity contribution in [1.29, 1.82) is 0 Å². The molecule has 0 aliphatic heterocycles. The number of rotatable bonds is 3. The van der Waals surface area contributed by atoms with E-state index in [-0.39, 0.29) is 27.6 Å². The van der Waals surface area contributed by atoms with E-state index in [1.54, 1.807) is 12.4 Å². The summed E-state index contributed by atoms with van der Waals surface area (Å²) in [6.45, 7) is 0. The summed E-state index contributed by atoms with van der Waals surface area (Å²) in [5, 5.41) is 2.21. The van der Waals surface area contributed by atoms with Crippen molar-refractivity contribution in [2.24, 2.45) is 0 Å². The van der Waals surface area contributed by atoms with E-state index in [1.165, 1.54) is 0 Å². The molecule has 3 rings (SSSR count). The van der Waals surface area contributed by atoms with Crippen LogP contribution in [0.15, 0.2) is 67.0 Å². The van der Waals surface area contributed by atoms with Crippen molar-refractivity contribution in [1.82, 2.24) is 4.98 Å². The fourth-order valence-corrected chi connectivity index (χ4v) is 2.70. The second-order valence-corrected chi connectivity index (χ2v) is 5.49. The first-order valence-corrected chi connectivity index (χ1v) is 7.24. The first kappa shape index (κ1) is 15.9. The number of hydrogen-bond acceptors (Lipinski definition) is 2. The number of benzene rings is 2. The number of hydrogen-bond donors (Lipinski definition) is 0. The summed E-state index contributed by atoms with van der Waals surface area (Å²) in [4.78, 5) is 16.2. The molecule has 1 unspecified atom stereocenters. The highest BCUT2D eigenvalue weighted by atomic mass is 79.9. The van der Waals surface area contributed by atoms with Gasteiger partial charge in [0.1, 0.15) is 4.83 Å². The lowest BCUT2D eigenvalue weighted by Gasteiger charge is -2.09. The van der Waals surface area contributed by atoms with Crippen LogP contribution in [0.25, 0.3) is 10.8 Å². The number of pyridine rings is 1. The Labute approximate surface area is 142 Å². The van der Waals surface area contributed by atoms with Crippen molar-refractivity contribution in [2.45, 2.75) is 4.83 Å². The molecule has 0 radical (unpaired) electrons. The van der Waals surface area contributed by atoms with E-state index in [0.717, 1.165) is 16.3 Å². The molecule has 2 nitrogen and oxygen atoms in total. The van der Waals surface area contributed by atoms with E-state index < -0.39 is 0 Å². The number of halogens is 2. The molecular weight excluding hydrogens is 394 g/mol. The number of fused-ring (bicyclic) bond motifs is 1. The van der Waals surface area contributed by atoms with Crippen LogP contribution >= 0.6 is 32.9 Å². The SMILES string of the molecule is Br.O=C(c1ccc2ccccc2c1)C(Br)c1cccnc1. The van der Waals surface area contributed by atoms with Crippen LogP contribution in [0.1, 0.15) is 20.7 Å². The summed E-state index contributed by atoms with van der Waals surface area (Å²) in [5.74, 6) is 0.0451. The normalized spacial score (nSPS) is 11.7. The third-order valence-corrected chi connectivity index (χ3v) is 4.19. The summed E-state index contributed by atoms with van der Waals surface area (Å²) < 4.78 is 0. The first-order chi connectivity index (χ1) is 9.75. The van der Waals surface area contributed by atoms with Gasteiger partial charge < -0.3 is 0 Å². The molecule has 0 fully saturated rings. The number of aromatic nitrogens is 1. The van der Waals surface area contributed by atoms with Gasteiger partial charge in [0.2, 0.25) is 0 Å². The summed E-state index contributed by atoms with van der Waals surface area (Å²) in [6.07, 6.45) is 3.40. The molecule has 106 valence electrons. The quantitative estimate of drug-likeness (QED) is 0.445. The van der Waals surface area contributed by atoms with E-state index in [2.05, 4.69) is 20.9 Å². The Hall–Kier alpha value is -1.52. The van der Waals surface area contributed by atoms with Gasteiger partial charge in [0.05, 0.1) is 0 Å². The average Bonchev–Trinajstić information content (AvgIpc) is 2.54. The zero-order valence-corrected chi connectivity index (χ0v) is 14.4. The number of carbonyl (C=O) groups excluding carboxylic acids is 1. The largest absolute Gasteiger partial charge is 0.293 e. The van der Waals surface area contributed by atoms with Crippen LogP contribution in [0.2, 0.25) is 0 Å². The number of nitrogens with zero attached hydrogens (tertiary/aromatic N) is 1. The second-order valence-electron chi connectivity index (χ2n) is 4.58. The van der Waals surface area contributed by atoms with Crippen molar-refractivity contribution in [3.05, 3.63) is 78.1 Å². The molecule has 0 saturated carbocycles. The maximum absolute atomic E-state index is 12.5. The van der Waals surface area contributed by atoms with E-state index >= 15 is 0 Å². The zero-order chi connectivity index (χ0) is 13.9. The molecule has 3 aromatic rings. The Morgan fingerprint density at radius 2 is 1.76 bits per heavy atom. The Bertz CT molecular complexity index is 759. The monoisotopic (exact) mass is 405 g/mol. The standard InChI is InChI=1S/C17H12BrNO.BrH/c18-16(15-6-3-9-19-11-15)17(20)14-8-7-12-4-1-2-5-13(12)10-14;/h1-11,16H;1H. The average molecular weight is 407 g/mol. The predicted octanol–water partition coefficient (Wildman–Crippen LogP) is 5.13. The number of ketones is 1. The first-order valence-electron chi connectivity index (χ1n) is 6.33. The Morgan fingerprint density at radius 3 is 2.48 bits per heavy atom. The summed E-state index contributed by atoms with van der Waals surface area (Å²) >= 11 is 3.46. The van der Waals surface area contributed by atoms with Gasteiger partial charge in [-0.05, 0) is 28.5 Å². The lowest BCUT2D eigenvalue weighted by atomic mass is 10.0. The Balaban J connectivity index is 0.00000161. The molecule has 1 aromatic heterocycles. The lowest BCUT2D eigenvalue weighted by Crippen LogP contribution is -2.07. The number of carbonyl (C=O) groups is 1. The zero-order valence-electron chi connectivity index (χ0n) is 11.1. The van der Waals surface area contributed by atoms with Crippen LogP contribution in [0.4, 0.5) is 0 Å².